The van der Waals surface area contributed by atoms with Gasteiger partial charge in [0.15, 0.2) is 0 Å². The number of aromatic nitrogens is 1. The lowest BCUT2D eigenvalue weighted by Gasteiger charge is -2.08. The third-order valence-electron chi connectivity index (χ3n) is 3.29. The van der Waals surface area contributed by atoms with E-state index in [-0.39, 0.29) is 17.7 Å². The van der Waals surface area contributed by atoms with Gasteiger partial charge in [-0.3, -0.25) is 14.5 Å². The number of terminal acetylenes is 1. The van der Waals surface area contributed by atoms with Crippen LogP contribution in [0.2, 0.25) is 0 Å². The van der Waals surface area contributed by atoms with E-state index in [9.17, 15) is 9.59 Å². The van der Waals surface area contributed by atoms with E-state index in [1.54, 1.807) is 6.08 Å². The van der Waals surface area contributed by atoms with Crippen molar-refractivity contribution in [2.45, 2.75) is 0 Å². The van der Waals surface area contributed by atoms with Gasteiger partial charge in [0, 0.05) is 22.1 Å². The van der Waals surface area contributed by atoms with E-state index < -0.39 is 0 Å². The SMILES string of the molecule is C#CCN1C(=O)S/C(=C/c2cccn2-c2ccc(Br)cc2)C1=O. The molecule has 0 aliphatic carbocycles. The molecule has 0 bridgehead atoms. The molecule has 0 unspecified atom stereocenters. The Labute approximate surface area is 146 Å². The van der Waals surface area contributed by atoms with Gasteiger partial charge in [-0.2, -0.15) is 0 Å². The molecule has 1 aliphatic heterocycles. The van der Waals surface area contributed by atoms with E-state index in [4.69, 9.17) is 6.42 Å². The van der Waals surface area contributed by atoms with Gasteiger partial charge in [-0.1, -0.05) is 21.9 Å². The standard InChI is InChI=1S/C17H11BrN2O2S/c1-2-9-20-16(21)15(23-17(20)22)11-14-4-3-10-19(14)13-7-5-12(18)6-8-13/h1,3-8,10-11H,9H2/b15-11+. The third kappa shape index (κ3) is 3.11. The minimum absolute atomic E-state index is 0.00424. The average Bonchev–Trinajstić information content (AvgIpc) is 3.09. The van der Waals surface area contributed by atoms with Crippen LogP contribution in [0.25, 0.3) is 11.8 Å². The summed E-state index contributed by atoms with van der Waals surface area (Å²) in [4.78, 5) is 25.5. The van der Waals surface area contributed by atoms with Gasteiger partial charge in [-0.05, 0) is 54.2 Å². The fourth-order valence-corrected chi connectivity index (χ4v) is 3.30. The molecule has 2 heterocycles. The molecule has 1 saturated heterocycles. The monoisotopic (exact) mass is 386 g/mol. The summed E-state index contributed by atoms with van der Waals surface area (Å²) in [7, 11) is 0. The van der Waals surface area contributed by atoms with Crippen LogP contribution in [-0.2, 0) is 4.79 Å². The Morgan fingerprint density at radius 2 is 1.96 bits per heavy atom. The molecule has 1 aromatic heterocycles. The highest BCUT2D eigenvalue weighted by Gasteiger charge is 2.34. The van der Waals surface area contributed by atoms with Crippen LogP contribution >= 0.6 is 27.7 Å². The molecule has 1 aromatic carbocycles. The quantitative estimate of drug-likeness (QED) is 0.593. The first-order valence-electron chi connectivity index (χ1n) is 6.72. The van der Waals surface area contributed by atoms with Crippen molar-refractivity contribution in [1.29, 1.82) is 0 Å². The van der Waals surface area contributed by atoms with Crippen molar-refractivity contribution >= 4 is 44.9 Å². The fraction of sp³-hybridized carbons (Fsp3) is 0.0588. The summed E-state index contributed by atoms with van der Waals surface area (Å²) in [5.74, 6) is 1.98. The molecule has 0 radical (unpaired) electrons. The number of hydrogen-bond acceptors (Lipinski definition) is 3. The van der Waals surface area contributed by atoms with Gasteiger partial charge < -0.3 is 4.57 Å². The van der Waals surface area contributed by atoms with Crippen molar-refractivity contribution in [1.82, 2.24) is 9.47 Å². The van der Waals surface area contributed by atoms with E-state index >= 15 is 0 Å². The molecule has 2 amide bonds. The maximum absolute atomic E-state index is 12.2. The number of carbonyl (C=O) groups is 2. The lowest BCUT2D eigenvalue weighted by molar-refractivity contribution is -0.122. The van der Waals surface area contributed by atoms with E-state index in [1.807, 2.05) is 47.2 Å². The molecule has 2 aromatic rings. The van der Waals surface area contributed by atoms with Gasteiger partial charge >= 0.3 is 0 Å². The Hall–Kier alpha value is -2.23. The molecule has 23 heavy (non-hydrogen) atoms. The maximum atomic E-state index is 12.2. The number of thioether (sulfide) groups is 1. The summed E-state index contributed by atoms with van der Waals surface area (Å²) in [6.07, 6.45) is 8.81. The van der Waals surface area contributed by atoms with Crippen LogP contribution in [0.3, 0.4) is 0 Å². The third-order valence-corrected chi connectivity index (χ3v) is 4.72. The predicted molar refractivity (Wildman–Crippen MR) is 95.0 cm³/mol. The van der Waals surface area contributed by atoms with Gasteiger partial charge in [0.1, 0.15) is 0 Å². The second kappa shape index (κ2) is 6.49. The van der Waals surface area contributed by atoms with Crippen LogP contribution in [0.4, 0.5) is 4.79 Å². The second-order valence-electron chi connectivity index (χ2n) is 4.75. The van der Waals surface area contributed by atoms with E-state index in [0.717, 1.165) is 32.5 Å². The number of nitrogens with zero attached hydrogens (tertiary/aromatic N) is 2. The van der Waals surface area contributed by atoms with Crippen LogP contribution in [-0.4, -0.2) is 27.2 Å². The lowest BCUT2D eigenvalue weighted by atomic mass is 10.3. The zero-order chi connectivity index (χ0) is 16.4. The normalized spacial score (nSPS) is 16.2. The number of imide groups is 1. The van der Waals surface area contributed by atoms with Crippen LogP contribution < -0.4 is 0 Å². The van der Waals surface area contributed by atoms with Crippen molar-refractivity contribution in [3.63, 3.8) is 0 Å². The minimum atomic E-state index is -0.346. The number of rotatable bonds is 3. The predicted octanol–water partition coefficient (Wildman–Crippen LogP) is 3.91. The molecule has 0 N–H and O–H groups in total. The first kappa shape index (κ1) is 15.7. The highest BCUT2D eigenvalue weighted by atomic mass is 79.9. The molecular weight excluding hydrogens is 376 g/mol. The molecule has 1 fully saturated rings. The smallest absolute Gasteiger partial charge is 0.294 e. The van der Waals surface area contributed by atoms with Crippen LogP contribution in [0.5, 0.6) is 0 Å². The topological polar surface area (TPSA) is 42.3 Å². The average molecular weight is 387 g/mol. The van der Waals surface area contributed by atoms with Crippen LogP contribution in [0, 0.1) is 12.3 Å². The number of carbonyl (C=O) groups excluding carboxylic acids is 2. The zero-order valence-electron chi connectivity index (χ0n) is 11.9. The molecule has 114 valence electrons. The van der Waals surface area contributed by atoms with Gasteiger partial charge in [0.05, 0.1) is 11.4 Å². The Morgan fingerprint density at radius 3 is 2.65 bits per heavy atom. The second-order valence-corrected chi connectivity index (χ2v) is 6.66. The zero-order valence-corrected chi connectivity index (χ0v) is 14.3. The van der Waals surface area contributed by atoms with Crippen LogP contribution in [0.15, 0.2) is 52.0 Å². The molecule has 1 aliphatic rings. The highest BCUT2D eigenvalue weighted by molar-refractivity contribution is 9.10. The Bertz CT molecular complexity index is 846. The van der Waals surface area contributed by atoms with Crippen LogP contribution in [0.1, 0.15) is 5.69 Å². The van der Waals surface area contributed by atoms with Gasteiger partial charge in [-0.15, -0.1) is 6.42 Å². The lowest BCUT2D eigenvalue weighted by Crippen LogP contribution is -2.28. The fourth-order valence-electron chi connectivity index (χ4n) is 2.21. The summed E-state index contributed by atoms with van der Waals surface area (Å²) in [5, 5.41) is -0.332. The van der Waals surface area contributed by atoms with Crippen molar-refractivity contribution in [2.24, 2.45) is 0 Å². The largest absolute Gasteiger partial charge is 0.317 e. The number of halogens is 1. The van der Waals surface area contributed by atoms with Gasteiger partial charge in [-0.25, -0.2) is 0 Å². The Morgan fingerprint density at radius 1 is 1.22 bits per heavy atom. The Kier molecular flexibility index (Phi) is 4.42. The van der Waals surface area contributed by atoms with Gasteiger partial charge in [0.25, 0.3) is 11.1 Å². The molecule has 3 rings (SSSR count). The summed E-state index contributed by atoms with van der Waals surface area (Å²) in [6.45, 7) is -0.00424. The Balaban J connectivity index is 1.94. The summed E-state index contributed by atoms with van der Waals surface area (Å²) in [5.41, 5.74) is 1.78. The van der Waals surface area contributed by atoms with E-state index in [1.165, 1.54) is 0 Å². The summed E-state index contributed by atoms with van der Waals surface area (Å²) >= 11 is 4.31. The summed E-state index contributed by atoms with van der Waals surface area (Å²) < 4.78 is 2.94. The van der Waals surface area contributed by atoms with Crippen molar-refractivity contribution in [3.05, 3.63) is 57.7 Å². The molecule has 0 spiro atoms. The highest BCUT2D eigenvalue weighted by Crippen LogP contribution is 2.32. The molecule has 0 atom stereocenters. The van der Waals surface area contributed by atoms with Crippen molar-refractivity contribution in [2.75, 3.05) is 6.54 Å². The maximum Gasteiger partial charge on any atom is 0.294 e. The number of hydrogen-bond donors (Lipinski definition) is 0. The molecule has 6 heteroatoms. The first-order valence-corrected chi connectivity index (χ1v) is 8.33. The summed E-state index contributed by atoms with van der Waals surface area (Å²) in [6, 6.07) is 11.6. The van der Waals surface area contributed by atoms with E-state index in [2.05, 4.69) is 21.9 Å². The molecule has 4 nitrogen and oxygen atoms in total. The van der Waals surface area contributed by atoms with Crippen molar-refractivity contribution in [3.8, 4) is 18.0 Å². The first-order chi connectivity index (χ1) is 11.1. The number of amides is 2. The molecular formula is C17H11BrN2O2S. The number of benzene rings is 1. The van der Waals surface area contributed by atoms with Crippen molar-refractivity contribution < 1.29 is 9.59 Å². The van der Waals surface area contributed by atoms with Gasteiger partial charge in [0.2, 0.25) is 0 Å². The minimum Gasteiger partial charge on any atom is -0.317 e. The van der Waals surface area contributed by atoms with E-state index in [0.29, 0.717) is 4.91 Å². The molecule has 0 saturated carbocycles.